The molecule has 1 aromatic rings. The molecule has 1 aromatic carbocycles. The summed E-state index contributed by atoms with van der Waals surface area (Å²) in [5.41, 5.74) is 1.79. The van der Waals surface area contributed by atoms with Crippen molar-refractivity contribution in [2.45, 2.75) is 57.6 Å². The summed E-state index contributed by atoms with van der Waals surface area (Å²) < 4.78 is 11.2. The van der Waals surface area contributed by atoms with Crippen LogP contribution in [0.25, 0.3) is 0 Å². The number of esters is 1. The van der Waals surface area contributed by atoms with E-state index >= 15 is 0 Å². The summed E-state index contributed by atoms with van der Waals surface area (Å²) >= 11 is 3.54. The highest BCUT2D eigenvalue weighted by molar-refractivity contribution is 9.10. The molecule has 5 nitrogen and oxygen atoms in total. The number of carbonyl (C=O) groups is 2. The van der Waals surface area contributed by atoms with Gasteiger partial charge in [-0.05, 0) is 62.8 Å². The van der Waals surface area contributed by atoms with Crippen LogP contribution in [0.5, 0.6) is 0 Å². The van der Waals surface area contributed by atoms with Crippen molar-refractivity contribution in [2.24, 2.45) is 0 Å². The minimum absolute atomic E-state index is 0.114. The first-order valence-corrected chi connectivity index (χ1v) is 9.78. The molecular weight excluding hydrogens is 410 g/mol. The summed E-state index contributed by atoms with van der Waals surface area (Å²) in [4.78, 5) is 25.2. The molecule has 0 aliphatic heterocycles. The van der Waals surface area contributed by atoms with E-state index in [2.05, 4.69) is 33.1 Å². The van der Waals surface area contributed by atoms with Gasteiger partial charge in [0, 0.05) is 17.1 Å². The quantitative estimate of drug-likeness (QED) is 0.569. The molecular formula is C21H26BrNO4. The molecule has 6 heteroatoms. The molecule has 0 bridgehead atoms. The van der Waals surface area contributed by atoms with Gasteiger partial charge in [0.15, 0.2) is 0 Å². The van der Waals surface area contributed by atoms with Crippen LogP contribution in [-0.4, -0.2) is 37.7 Å². The van der Waals surface area contributed by atoms with Gasteiger partial charge in [0.05, 0.1) is 19.6 Å². The number of rotatable bonds is 5. The summed E-state index contributed by atoms with van der Waals surface area (Å²) in [6, 6.07) is 3.87. The Hall–Kier alpha value is -1.84. The van der Waals surface area contributed by atoms with Crippen LogP contribution in [0.15, 0.2) is 16.6 Å². The number of halogens is 1. The lowest BCUT2D eigenvalue weighted by molar-refractivity contribution is -0.153. The number of carbonyl (C=O) groups excluding carboxylic acids is 2. The van der Waals surface area contributed by atoms with Crippen molar-refractivity contribution < 1.29 is 19.1 Å². The number of aryl methyl sites for hydroxylation is 1. The second kappa shape index (κ2) is 9.38. The maximum Gasteiger partial charge on any atom is 0.331 e. The van der Waals surface area contributed by atoms with Crippen molar-refractivity contribution in [1.29, 1.82) is 0 Å². The number of amides is 1. The zero-order valence-electron chi connectivity index (χ0n) is 16.3. The van der Waals surface area contributed by atoms with Crippen LogP contribution < -0.4 is 5.32 Å². The first-order valence-electron chi connectivity index (χ1n) is 8.99. The molecule has 146 valence electrons. The molecule has 0 heterocycles. The Labute approximate surface area is 169 Å². The average Bonchev–Trinajstić information content (AvgIpc) is 2.65. The maximum absolute atomic E-state index is 12.8. The molecule has 1 N–H and O–H groups in total. The Kier molecular flexibility index (Phi) is 7.46. The lowest BCUT2D eigenvalue weighted by Crippen LogP contribution is -2.57. The van der Waals surface area contributed by atoms with Gasteiger partial charge in [0.25, 0.3) is 0 Å². The number of hydrogen-bond acceptors (Lipinski definition) is 4. The molecule has 0 spiro atoms. The predicted octanol–water partition coefficient (Wildman–Crippen LogP) is 3.29. The largest absolute Gasteiger partial charge is 0.467 e. The first kappa shape index (κ1) is 21.5. The van der Waals surface area contributed by atoms with Crippen molar-refractivity contribution in [3.63, 3.8) is 0 Å². The highest BCUT2D eigenvalue weighted by atomic mass is 79.9. The fourth-order valence-corrected chi connectivity index (χ4v) is 4.28. The Morgan fingerprint density at radius 2 is 1.96 bits per heavy atom. The van der Waals surface area contributed by atoms with E-state index in [1.54, 1.807) is 14.0 Å². The van der Waals surface area contributed by atoms with E-state index < -0.39 is 11.5 Å². The van der Waals surface area contributed by atoms with E-state index in [0.29, 0.717) is 25.7 Å². The zero-order chi connectivity index (χ0) is 20.0. The molecule has 1 aliphatic rings. The third-order valence-corrected chi connectivity index (χ3v) is 5.81. The molecule has 1 amide bonds. The lowest BCUT2D eigenvalue weighted by atomic mass is 9.80. The van der Waals surface area contributed by atoms with Gasteiger partial charge < -0.3 is 14.8 Å². The van der Waals surface area contributed by atoms with E-state index in [-0.39, 0.29) is 18.4 Å². The first-order chi connectivity index (χ1) is 12.8. The normalized spacial score (nSPS) is 21.7. The van der Waals surface area contributed by atoms with Gasteiger partial charge >= 0.3 is 5.97 Å². The highest BCUT2D eigenvalue weighted by Gasteiger charge is 2.44. The summed E-state index contributed by atoms with van der Waals surface area (Å²) in [5.74, 6) is 5.30. The van der Waals surface area contributed by atoms with Crippen LogP contribution >= 0.6 is 15.9 Å². The van der Waals surface area contributed by atoms with E-state index in [0.717, 1.165) is 21.2 Å². The predicted molar refractivity (Wildman–Crippen MR) is 107 cm³/mol. The second-order valence-electron chi connectivity index (χ2n) is 6.86. The molecule has 0 unspecified atom stereocenters. The fourth-order valence-electron chi connectivity index (χ4n) is 3.58. The summed E-state index contributed by atoms with van der Waals surface area (Å²) in [6.07, 6.45) is 2.73. The average molecular weight is 436 g/mol. The molecule has 1 saturated carbocycles. The third kappa shape index (κ3) is 5.12. The standard InChI is InChI=1S/C21H26BrNO4/c1-5-6-15-11-14(2)17(18(22)12-15)13-19(24)23-21(20(25)27-4)9-7-16(26-3)8-10-21/h11-12,16H,7-10,13H2,1-4H3,(H,23,24). The molecule has 0 radical (unpaired) electrons. The van der Waals surface area contributed by atoms with Crippen molar-refractivity contribution >= 4 is 27.8 Å². The molecule has 0 aromatic heterocycles. The van der Waals surface area contributed by atoms with E-state index in [1.807, 2.05) is 19.1 Å². The molecule has 27 heavy (non-hydrogen) atoms. The summed E-state index contributed by atoms with van der Waals surface area (Å²) in [6.45, 7) is 3.74. The van der Waals surface area contributed by atoms with Crippen LogP contribution in [0, 0.1) is 18.8 Å². The maximum atomic E-state index is 12.8. The smallest absolute Gasteiger partial charge is 0.331 e. The number of methoxy groups -OCH3 is 2. The molecule has 0 saturated heterocycles. The summed E-state index contributed by atoms with van der Waals surface area (Å²) in [5, 5.41) is 2.95. The Balaban J connectivity index is 2.17. The number of benzene rings is 1. The van der Waals surface area contributed by atoms with Crippen molar-refractivity contribution in [3.05, 3.63) is 33.3 Å². The summed E-state index contributed by atoms with van der Waals surface area (Å²) in [7, 11) is 3.02. The molecule has 1 fully saturated rings. The van der Waals surface area contributed by atoms with Gasteiger partial charge in [-0.1, -0.05) is 21.9 Å². The fraction of sp³-hybridized carbons (Fsp3) is 0.524. The van der Waals surface area contributed by atoms with Gasteiger partial charge in [0.1, 0.15) is 5.54 Å². The van der Waals surface area contributed by atoms with Gasteiger partial charge in [-0.3, -0.25) is 4.79 Å². The van der Waals surface area contributed by atoms with Gasteiger partial charge in [-0.25, -0.2) is 4.79 Å². The van der Waals surface area contributed by atoms with Crippen LogP contribution in [0.3, 0.4) is 0 Å². The van der Waals surface area contributed by atoms with Gasteiger partial charge in [-0.2, -0.15) is 0 Å². The number of ether oxygens (including phenoxy) is 2. The molecule has 2 rings (SSSR count). The zero-order valence-corrected chi connectivity index (χ0v) is 17.9. The van der Waals surface area contributed by atoms with E-state index in [9.17, 15) is 9.59 Å². The van der Waals surface area contributed by atoms with Crippen LogP contribution in [0.4, 0.5) is 0 Å². The van der Waals surface area contributed by atoms with Crippen molar-refractivity contribution in [1.82, 2.24) is 5.32 Å². The second-order valence-corrected chi connectivity index (χ2v) is 7.72. The molecule has 1 aliphatic carbocycles. The van der Waals surface area contributed by atoms with Gasteiger partial charge in [0.2, 0.25) is 5.91 Å². The molecule has 0 atom stereocenters. The monoisotopic (exact) mass is 435 g/mol. The minimum Gasteiger partial charge on any atom is -0.467 e. The Morgan fingerprint density at radius 3 is 2.48 bits per heavy atom. The van der Waals surface area contributed by atoms with Crippen molar-refractivity contribution in [2.75, 3.05) is 14.2 Å². The SMILES string of the molecule is CC#Cc1cc(C)c(CC(=O)NC2(C(=O)OC)CCC(OC)CC2)c(Br)c1. The highest BCUT2D eigenvalue weighted by Crippen LogP contribution is 2.31. The van der Waals surface area contributed by atoms with Crippen LogP contribution in [0.1, 0.15) is 49.3 Å². The Bertz CT molecular complexity index is 747. The number of hydrogen-bond donors (Lipinski definition) is 1. The minimum atomic E-state index is -0.977. The Morgan fingerprint density at radius 1 is 1.30 bits per heavy atom. The third-order valence-electron chi connectivity index (χ3n) is 5.10. The van der Waals surface area contributed by atoms with Crippen LogP contribution in [0.2, 0.25) is 0 Å². The topological polar surface area (TPSA) is 64.6 Å². The van der Waals surface area contributed by atoms with Gasteiger partial charge in [-0.15, -0.1) is 5.92 Å². The van der Waals surface area contributed by atoms with E-state index in [4.69, 9.17) is 9.47 Å². The van der Waals surface area contributed by atoms with E-state index in [1.165, 1.54) is 7.11 Å². The van der Waals surface area contributed by atoms with Crippen molar-refractivity contribution in [3.8, 4) is 11.8 Å². The number of nitrogens with one attached hydrogen (secondary N) is 1. The lowest BCUT2D eigenvalue weighted by Gasteiger charge is -2.38. The van der Waals surface area contributed by atoms with Crippen LogP contribution in [-0.2, 0) is 25.5 Å².